The monoisotopic (exact) mass is 437 g/mol. The van der Waals surface area contributed by atoms with E-state index in [0.29, 0.717) is 37.5 Å². The van der Waals surface area contributed by atoms with Gasteiger partial charge in [-0.15, -0.1) is 0 Å². The summed E-state index contributed by atoms with van der Waals surface area (Å²) in [4.78, 5) is 31.9. The van der Waals surface area contributed by atoms with Crippen molar-refractivity contribution in [2.45, 2.75) is 31.8 Å². The predicted molar refractivity (Wildman–Crippen MR) is 117 cm³/mol. The number of nitrogens with zero attached hydrogens (tertiary/aromatic N) is 4. The van der Waals surface area contributed by atoms with Gasteiger partial charge in [-0.1, -0.05) is 29.8 Å². The van der Waals surface area contributed by atoms with Crippen molar-refractivity contribution in [2.75, 3.05) is 6.54 Å². The zero-order valence-electron chi connectivity index (χ0n) is 17.3. The second-order valence-corrected chi connectivity index (χ2v) is 8.14. The Kier molecular flexibility index (Phi) is 6.32. The molecule has 1 aliphatic rings. The number of aromatic nitrogens is 3. The van der Waals surface area contributed by atoms with Crippen LogP contribution in [0.1, 0.15) is 34.9 Å². The molecule has 8 heteroatoms. The molecule has 0 spiro atoms. The van der Waals surface area contributed by atoms with E-state index in [1.165, 1.54) is 0 Å². The first-order valence-electron chi connectivity index (χ1n) is 10.2. The number of pyridine rings is 1. The highest BCUT2D eigenvalue weighted by Crippen LogP contribution is 2.28. The van der Waals surface area contributed by atoms with Gasteiger partial charge in [0, 0.05) is 49.5 Å². The van der Waals surface area contributed by atoms with Gasteiger partial charge in [0.2, 0.25) is 11.8 Å². The third-order valence-corrected chi connectivity index (χ3v) is 5.66. The van der Waals surface area contributed by atoms with Crippen molar-refractivity contribution in [1.29, 1.82) is 0 Å². The lowest BCUT2D eigenvalue weighted by atomic mass is 9.95. The van der Waals surface area contributed by atoms with Gasteiger partial charge in [0.25, 0.3) is 0 Å². The fourth-order valence-electron chi connectivity index (χ4n) is 3.81. The zero-order chi connectivity index (χ0) is 21.8. The van der Waals surface area contributed by atoms with Crippen molar-refractivity contribution in [2.24, 2.45) is 7.05 Å². The summed E-state index contributed by atoms with van der Waals surface area (Å²) in [7, 11) is 1.83. The topological polar surface area (TPSA) is 80.1 Å². The highest BCUT2D eigenvalue weighted by molar-refractivity contribution is 6.30. The SMILES string of the molecule is Cn1cc2c(n1)C(C(=O)NCc1ccccn1)CN(C(=O)CCc1ccc(Cl)cc1)C2. The molecule has 7 nitrogen and oxygen atoms in total. The fraction of sp³-hybridized carbons (Fsp3) is 0.304. The van der Waals surface area contributed by atoms with Crippen LogP contribution in [-0.2, 0) is 36.1 Å². The minimum absolute atomic E-state index is 0.0204. The number of rotatable bonds is 6. The van der Waals surface area contributed by atoms with Crippen LogP contribution in [0.5, 0.6) is 0 Å². The summed E-state index contributed by atoms with van der Waals surface area (Å²) >= 11 is 5.93. The van der Waals surface area contributed by atoms with Crippen LogP contribution >= 0.6 is 11.6 Å². The lowest BCUT2D eigenvalue weighted by Crippen LogP contribution is -2.43. The molecule has 0 fully saturated rings. The second-order valence-electron chi connectivity index (χ2n) is 7.71. The van der Waals surface area contributed by atoms with Crippen LogP contribution in [0.15, 0.2) is 54.9 Å². The number of nitrogens with one attached hydrogen (secondary N) is 1. The zero-order valence-corrected chi connectivity index (χ0v) is 18.0. The summed E-state index contributed by atoms with van der Waals surface area (Å²) in [5.41, 5.74) is 3.49. The van der Waals surface area contributed by atoms with Crippen molar-refractivity contribution < 1.29 is 9.59 Å². The van der Waals surface area contributed by atoms with E-state index in [1.807, 2.05) is 55.7 Å². The molecule has 0 saturated heterocycles. The van der Waals surface area contributed by atoms with Crippen LogP contribution in [0.25, 0.3) is 0 Å². The Morgan fingerprint density at radius 1 is 1.19 bits per heavy atom. The van der Waals surface area contributed by atoms with E-state index in [0.717, 1.165) is 22.5 Å². The van der Waals surface area contributed by atoms with Crippen molar-refractivity contribution in [1.82, 2.24) is 25.0 Å². The van der Waals surface area contributed by atoms with E-state index in [1.54, 1.807) is 15.8 Å². The largest absolute Gasteiger partial charge is 0.350 e. The summed E-state index contributed by atoms with van der Waals surface area (Å²) < 4.78 is 1.70. The molecule has 3 heterocycles. The van der Waals surface area contributed by atoms with Crippen molar-refractivity contribution in [3.63, 3.8) is 0 Å². The van der Waals surface area contributed by atoms with Crippen LogP contribution in [-0.4, -0.2) is 38.0 Å². The lowest BCUT2D eigenvalue weighted by molar-refractivity contribution is -0.133. The normalized spacial score (nSPS) is 15.4. The molecular formula is C23H24ClN5O2. The highest BCUT2D eigenvalue weighted by Gasteiger charge is 2.35. The van der Waals surface area contributed by atoms with Gasteiger partial charge >= 0.3 is 0 Å². The first-order chi connectivity index (χ1) is 15.0. The van der Waals surface area contributed by atoms with Crippen LogP contribution in [0, 0.1) is 0 Å². The number of aryl methyl sites for hydroxylation is 2. The molecule has 1 aliphatic heterocycles. The molecule has 4 rings (SSSR count). The van der Waals surface area contributed by atoms with E-state index in [9.17, 15) is 9.59 Å². The van der Waals surface area contributed by atoms with E-state index in [4.69, 9.17) is 11.6 Å². The summed E-state index contributed by atoms with van der Waals surface area (Å²) in [5, 5.41) is 8.11. The number of benzene rings is 1. The van der Waals surface area contributed by atoms with Crippen molar-refractivity contribution >= 4 is 23.4 Å². The third-order valence-electron chi connectivity index (χ3n) is 5.41. The number of hydrogen-bond donors (Lipinski definition) is 1. The summed E-state index contributed by atoms with van der Waals surface area (Å²) in [6.07, 6.45) is 4.58. The Labute approximate surface area is 186 Å². The molecule has 0 bridgehead atoms. The number of amides is 2. The summed E-state index contributed by atoms with van der Waals surface area (Å²) in [5.74, 6) is -0.638. The molecule has 0 aliphatic carbocycles. The lowest BCUT2D eigenvalue weighted by Gasteiger charge is -2.31. The van der Waals surface area contributed by atoms with E-state index < -0.39 is 5.92 Å². The molecule has 0 saturated carbocycles. The van der Waals surface area contributed by atoms with Gasteiger partial charge in [0.1, 0.15) is 0 Å². The molecule has 2 aromatic heterocycles. The van der Waals surface area contributed by atoms with E-state index >= 15 is 0 Å². The third kappa shape index (κ3) is 5.11. The maximum absolute atomic E-state index is 13.0. The Morgan fingerprint density at radius 3 is 2.74 bits per heavy atom. The maximum Gasteiger partial charge on any atom is 0.231 e. The molecule has 2 amide bonds. The number of fused-ring (bicyclic) bond motifs is 1. The quantitative estimate of drug-likeness (QED) is 0.643. The van der Waals surface area contributed by atoms with Gasteiger partial charge in [-0.05, 0) is 36.2 Å². The Bertz CT molecular complexity index is 1070. The average molecular weight is 438 g/mol. The van der Waals surface area contributed by atoms with Gasteiger partial charge in [0.15, 0.2) is 0 Å². The van der Waals surface area contributed by atoms with E-state index in [2.05, 4.69) is 15.4 Å². The van der Waals surface area contributed by atoms with Crippen molar-refractivity contribution in [3.8, 4) is 0 Å². The van der Waals surface area contributed by atoms with Crippen LogP contribution in [0.2, 0.25) is 5.02 Å². The van der Waals surface area contributed by atoms with Gasteiger partial charge in [-0.25, -0.2) is 0 Å². The Balaban J connectivity index is 1.43. The Morgan fingerprint density at radius 2 is 2.00 bits per heavy atom. The number of hydrogen-bond acceptors (Lipinski definition) is 4. The molecule has 1 atom stereocenters. The van der Waals surface area contributed by atoms with Gasteiger partial charge in [-0.3, -0.25) is 19.3 Å². The average Bonchev–Trinajstić information content (AvgIpc) is 3.17. The van der Waals surface area contributed by atoms with Gasteiger partial charge in [-0.2, -0.15) is 5.10 Å². The summed E-state index contributed by atoms with van der Waals surface area (Å²) in [6, 6.07) is 13.1. The predicted octanol–water partition coefficient (Wildman–Crippen LogP) is 2.84. The molecule has 3 aromatic rings. The smallest absolute Gasteiger partial charge is 0.231 e. The van der Waals surface area contributed by atoms with E-state index in [-0.39, 0.29) is 11.8 Å². The highest BCUT2D eigenvalue weighted by atomic mass is 35.5. The minimum atomic E-state index is -0.506. The van der Waals surface area contributed by atoms with Crippen LogP contribution in [0.4, 0.5) is 0 Å². The maximum atomic E-state index is 13.0. The standard InChI is InChI=1S/C23H24ClN5O2/c1-28-13-17-14-29(21(30)10-7-16-5-8-18(24)9-6-16)15-20(22(17)27-28)23(31)26-12-19-4-2-3-11-25-19/h2-6,8-9,11,13,20H,7,10,12,14-15H2,1H3,(H,26,31). The van der Waals surface area contributed by atoms with Crippen LogP contribution < -0.4 is 5.32 Å². The van der Waals surface area contributed by atoms with Gasteiger partial charge in [0.05, 0.1) is 23.9 Å². The molecule has 1 unspecified atom stereocenters. The number of carbonyl (C=O) groups excluding carboxylic acids is 2. The second kappa shape index (κ2) is 9.31. The molecular weight excluding hydrogens is 414 g/mol. The molecule has 160 valence electrons. The van der Waals surface area contributed by atoms with Gasteiger partial charge < -0.3 is 10.2 Å². The number of carbonyl (C=O) groups is 2. The molecule has 1 aromatic carbocycles. The first-order valence-corrected chi connectivity index (χ1v) is 10.6. The van der Waals surface area contributed by atoms with Crippen LogP contribution in [0.3, 0.4) is 0 Å². The summed E-state index contributed by atoms with van der Waals surface area (Å²) in [6.45, 7) is 1.12. The Hall–Kier alpha value is -3.19. The minimum Gasteiger partial charge on any atom is -0.350 e. The molecule has 31 heavy (non-hydrogen) atoms. The van der Waals surface area contributed by atoms with Crippen molar-refractivity contribution in [3.05, 3.63) is 82.4 Å². The first kappa shape index (κ1) is 21.1. The fourth-order valence-corrected chi connectivity index (χ4v) is 3.93. The number of halogens is 1. The molecule has 1 N–H and O–H groups in total. The molecule has 0 radical (unpaired) electrons.